The Morgan fingerprint density at radius 3 is 2.56 bits per heavy atom. The van der Waals surface area contributed by atoms with Crippen LogP contribution in [-0.2, 0) is 0 Å². The molecule has 5 heteroatoms. The molecule has 0 aliphatic carbocycles. The van der Waals surface area contributed by atoms with Gasteiger partial charge in [-0.15, -0.1) is 0 Å². The van der Waals surface area contributed by atoms with Crippen molar-refractivity contribution in [1.29, 1.82) is 0 Å². The zero-order chi connectivity index (χ0) is 13.5. The van der Waals surface area contributed by atoms with Gasteiger partial charge in [-0.25, -0.2) is 0 Å². The summed E-state index contributed by atoms with van der Waals surface area (Å²) in [5.74, 6) is -0.286. The maximum absolute atomic E-state index is 12.0. The number of benzene rings is 1. The average molecular weight is 257 g/mol. The monoisotopic (exact) mass is 257 g/mol. The van der Waals surface area contributed by atoms with Crippen molar-refractivity contribution in [3.8, 4) is 5.75 Å². The van der Waals surface area contributed by atoms with Gasteiger partial charge in [-0.1, -0.05) is 19.9 Å². The van der Waals surface area contributed by atoms with Crippen molar-refractivity contribution in [2.75, 3.05) is 0 Å². The molecule has 0 heterocycles. The second kappa shape index (κ2) is 6.93. The predicted octanol–water partition coefficient (Wildman–Crippen LogP) is 3.21. The zero-order valence-corrected chi connectivity index (χ0v) is 10.5. The van der Waals surface area contributed by atoms with E-state index in [-0.39, 0.29) is 17.7 Å². The lowest BCUT2D eigenvalue weighted by atomic mass is 10.1. The number of halogens is 2. The summed E-state index contributed by atoms with van der Waals surface area (Å²) in [4.78, 5) is 11.9. The first kappa shape index (κ1) is 14.4. The fourth-order valence-corrected chi connectivity index (χ4v) is 1.58. The molecule has 0 spiro atoms. The quantitative estimate of drug-likeness (QED) is 0.849. The second-order valence-corrected chi connectivity index (χ2v) is 3.89. The van der Waals surface area contributed by atoms with E-state index in [1.165, 1.54) is 18.2 Å². The Labute approximate surface area is 105 Å². The maximum atomic E-state index is 12.0. The van der Waals surface area contributed by atoms with Crippen molar-refractivity contribution in [2.24, 2.45) is 0 Å². The predicted molar refractivity (Wildman–Crippen MR) is 64.9 cm³/mol. The first-order valence-electron chi connectivity index (χ1n) is 5.92. The Balaban J connectivity index is 2.73. The molecule has 3 nitrogen and oxygen atoms in total. The molecule has 0 saturated heterocycles. The van der Waals surface area contributed by atoms with Crippen molar-refractivity contribution in [3.63, 3.8) is 0 Å². The van der Waals surface area contributed by atoms with E-state index in [1.54, 1.807) is 6.07 Å². The second-order valence-electron chi connectivity index (χ2n) is 3.89. The molecule has 18 heavy (non-hydrogen) atoms. The third-order valence-electron chi connectivity index (χ3n) is 2.64. The summed E-state index contributed by atoms with van der Waals surface area (Å²) >= 11 is 0. The van der Waals surface area contributed by atoms with Gasteiger partial charge in [0.1, 0.15) is 5.75 Å². The number of ether oxygens (including phenoxy) is 1. The first-order chi connectivity index (χ1) is 8.56. The van der Waals surface area contributed by atoms with Crippen LogP contribution in [0.15, 0.2) is 24.3 Å². The van der Waals surface area contributed by atoms with Crippen molar-refractivity contribution in [1.82, 2.24) is 5.32 Å². The minimum atomic E-state index is -2.89. The zero-order valence-electron chi connectivity index (χ0n) is 10.5. The number of rotatable bonds is 6. The van der Waals surface area contributed by atoms with Gasteiger partial charge >= 0.3 is 6.61 Å². The average Bonchev–Trinajstić information content (AvgIpc) is 2.35. The van der Waals surface area contributed by atoms with Gasteiger partial charge in [-0.2, -0.15) is 8.78 Å². The Morgan fingerprint density at radius 1 is 1.33 bits per heavy atom. The lowest BCUT2D eigenvalue weighted by molar-refractivity contribution is -0.0498. The molecule has 0 unspecified atom stereocenters. The highest BCUT2D eigenvalue weighted by molar-refractivity contribution is 5.94. The molecule has 1 aromatic carbocycles. The molecular formula is C13H17F2NO2. The molecule has 0 aliphatic heterocycles. The highest BCUT2D eigenvalue weighted by Crippen LogP contribution is 2.16. The molecular weight excluding hydrogens is 240 g/mol. The molecule has 1 rings (SSSR count). The summed E-state index contributed by atoms with van der Waals surface area (Å²) in [7, 11) is 0. The summed E-state index contributed by atoms with van der Waals surface area (Å²) in [6.45, 7) is 1.07. The van der Waals surface area contributed by atoms with Gasteiger partial charge in [0.15, 0.2) is 0 Å². The first-order valence-corrected chi connectivity index (χ1v) is 5.92. The van der Waals surface area contributed by atoms with Crippen LogP contribution in [-0.4, -0.2) is 18.6 Å². The molecule has 0 aliphatic rings. The van der Waals surface area contributed by atoms with Gasteiger partial charge in [-0.3, -0.25) is 4.79 Å². The molecule has 1 amide bonds. The van der Waals surface area contributed by atoms with Gasteiger partial charge in [0.25, 0.3) is 5.91 Å². The summed E-state index contributed by atoms with van der Waals surface area (Å²) in [5, 5.41) is 2.83. The Morgan fingerprint density at radius 2 is 2.00 bits per heavy atom. The topological polar surface area (TPSA) is 38.3 Å². The molecule has 0 radical (unpaired) electrons. The summed E-state index contributed by atoms with van der Waals surface area (Å²) in [6, 6.07) is 5.87. The minimum absolute atomic E-state index is 0.0119. The van der Waals surface area contributed by atoms with Crippen LogP contribution < -0.4 is 10.1 Å². The molecule has 1 N–H and O–H groups in total. The number of nitrogens with one attached hydrogen (secondary N) is 1. The molecule has 0 atom stereocenters. The third kappa shape index (κ3) is 4.31. The van der Waals surface area contributed by atoms with Crippen LogP contribution in [0, 0.1) is 0 Å². The highest BCUT2D eigenvalue weighted by Gasteiger charge is 2.12. The van der Waals surface area contributed by atoms with E-state index in [4.69, 9.17) is 0 Å². The number of carbonyl (C=O) groups is 1. The third-order valence-corrected chi connectivity index (χ3v) is 2.64. The number of amides is 1. The van der Waals surface area contributed by atoms with Crippen LogP contribution in [0.5, 0.6) is 5.75 Å². The van der Waals surface area contributed by atoms with Crippen molar-refractivity contribution in [2.45, 2.75) is 39.3 Å². The van der Waals surface area contributed by atoms with Crippen molar-refractivity contribution in [3.05, 3.63) is 29.8 Å². The number of hydrogen-bond acceptors (Lipinski definition) is 2. The van der Waals surface area contributed by atoms with Crippen LogP contribution >= 0.6 is 0 Å². The Hall–Kier alpha value is -1.65. The van der Waals surface area contributed by atoms with Crippen molar-refractivity contribution >= 4 is 5.91 Å². The summed E-state index contributed by atoms with van der Waals surface area (Å²) in [6.07, 6.45) is 1.66. The van der Waals surface area contributed by atoms with Gasteiger partial charge in [0.05, 0.1) is 0 Å². The molecule has 0 aromatic heterocycles. The Bertz CT molecular complexity index is 392. The largest absolute Gasteiger partial charge is 0.435 e. The summed E-state index contributed by atoms with van der Waals surface area (Å²) in [5.41, 5.74) is 0.319. The molecule has 100 valence electrons. The van der Waals surface area contributed by atoms with Crippen LogP contribution in [0.4, 0.5) is 8.78 Å². The van der Waals surface area contributed by atoms with Crippen molar-refractivity contribution < 1.29 is 18.3 Å². The minimum Gasteiger partial charge on any atom is -0.435 e. The van der Waals surface area contributed by atoms with Gasteiger partial charge in [0.2, 0.25) is 0 Å². The Kier molecular flexibility index (Phi) is 5.55. The molecule has 1 aromatic rings. The van der Waals surface area contributed by atoms with E-state index >= 15 is 0 Å². The fourth-order valence-electron chi connectivity index (χ4n) is 1.58. The van der Waals surface area contributed by atoms with Crippen LogP contribution in [0.25, 0.3) is 0 Å². The fraction of sp³-hybridized carbons (Fsp3) is 0.462. The number of alkyl halides is 2. The van der Waals surface area contributed by atoms with Gasteiger partial charge in [-0.05, 0) is 31.0 Å². The molecule has 0 fully saturated rings. The van der Waals surface area contributed by atoms with E-state index in [0.29, 0.717) is 5.56 Å². The smallest absolute Gasteiger partial charge is 0.387 e. The van der Waals surface area contributed by atoms with Crippen LogP contribution in [0.3, 0.4) is 0 Å². The number of hydrogen-bond donors (Lipinski definition) is 1. The number of carbonyl (C=O) groups excluding carboxylic acids is 1. The maximum Gasteiger partial charge on any atom is 0.387 e. The van der Waals surface area contributed by atoms with E-state index in [9.17, 15) is 13.6 Å². The highest BCUT2D eigenvalue weighted by atomic mass is 19.3. The standard InChI is InChI=1S/C13H17F2NO2/c1-3-10(4-2)16-12(17)9-6-5-7-11(8-9)18-13(14)15/h5-8,10,13H,3-4H2,1-2H3,(H,16,17). The van der Waals surface area contributed by atoms with E-state index in [1.807, 2.05) is 13.8 Å². The van der Waals surface area contributed by atoms with Crippen LogP contribution in [0.2, 0.25) is 0 Å². The normalized spacial score (nSPS) is 10.8. The lowest BCUT2D eigenvalue weighted by Crippen LogP contribution is -2.33. The van der Waals surface area contributed by atoms with Crippen LogP contribution in [0.1, 0.15) is 37.0 Å². The van der Waals surface area contributed by atoms with E-state index < -0.39 is 6.61 Å². The SMILES string of the molecule is CCC(CC)NC(=O)c1cccc(OC(F)F)c1. The van der Waals surface area contributed by atoms with E-state index in [2.05, 4.69) is 10.1 Å². The van der Waals surface area contributed by atoms with E-state index in [0.717, 1.165) is 12.8 Å². The molecule has 0 bridgehead atoms. The van der Waals surface area contributed by atoms with Gasteiger partial charge in [0, 0.05) is 11.6 Å². The van der Waals surface area contributed by atoms with Gasteiger partial charge < -0.3 is 10.1 Å². The lowest BCUT2D eigenvalue weighted by Gasteiger charge is -2.15. The molecule has 0 saturated carbocycles. The summed E-state index contributed by atoms with van der Waals surface area (Å²) < 4.78 is 28.3.